The molecule has 0 N–H and O–H groups in total. The quantitative estimate of drug-likeness (QED) is 0.859. The topological polar surface area (TPSA) is 63.2 Å². The van der Waals surface area contributed by atoms with Gasteiger partial charge < -0.3 is 0 Å². The van der Waals surface area contributed by atoms with Gasteiger partial charge in [0.25, 0.3) is 0 Å². The van der Waals surface area contributed by atoms with E-state index in [0.29, 0.717) is 12.1 Å². The summed E-state index contributed by atoms with van der Waals surface area (Å²) in [7, 11) is -3.45. The van der Waals surface area contributed by atoms with Gasteiger partial charge in [0, 0.05) is 18.3 Å². The molecular weight excluding hydrogens is 281 g/mol. The minimum absolute atomic E-state index is 0.144. The molecule has 7 heteroatoms. The number of sulfonamides is 1. The van der Waals surface area contributed by atoms with Crippen LogP contribution in [0.15, 0.2) is 36.8 Å². The molecule has 0 fully saturated rings. The summed E-state index contributed by atoms with van der Waals surface area (Å²) in [5, 5.41) is 0. The Morgan fingerprint density at radius 3 is 2.65 bits per heavy atom. The van der Waals surface area contributed by atoms with E-state index >= 15 is 0 Å². The molecule has 1 aliphatic heterocycles. The van der Waals surface area contributed by atoms with Gasteiger partial charge in [-0.3, -0.25) is 0 Å². The van der Waals surface area contributed by atoms with Crippen LogP contribution in [0, 0.1) is 5.82 Å². The Labute approximate surface area is 116 Å². The van der Waals surface area contributed by atoms with E-state index in [1.807, 2.05) is 0 Å². The van der Waals surface area contributed by atoms with Gasteiger partial charge in [0.1, 0.15) is 12.1 Å². The molecule has 0 saturated carbocycles. The van der Waals surface area contributed by atoms with E-state index in [-0.39, 0.29) is 18.1 Å². The van der Waals surface area contributed by atoms with Crippen molar-refractivity contribution in [2.75, 3.05) is 0 Å². The van der Waals surface area contributed by atoms with E-state index in [0.717, 1.165) is 11.3 Å². The van der Waals surface area contributed by atoms with Gasteiger partial charge in [0.2, 0.25) is 10.0 Å². The van der Waals surface area contributed by atoms with Gasteiger partial charge in [-0.15, -0.1) is 0 Å². The highest BCUT2D eigenvalue weighted by molar-refractivity contribution is 7.88. The number of benzene rings is 1. The van der Waals surface area contributed by atoms with E-state index in [1.165, 1.54) is 34.9 Å². The minimum Gasteiger partial charge on any atom is -0.244 e. The van der Waals surface area contributed by atoms with Gasteiger partial charge in [-0.1, -0.05) is 12.1 Å². The van der Waals surface area contributed by atoms with E-state index < -0.39 is 10.0 Å². The average Bonchev–Trinajstić information content (AvgIpc) is 2.86. The molecule has 0 unspecified atom stereocenters. The minimum atomic E-state index is -3.45. The maximum atomic E-state index is 12.8. The molecule has 2 aromatic rings. The molecule has 0 saturated heterocycles. The molecule has 0 atom stereocenters. The molecule has 20 heavy (non-hydrogen) atoms. The predicted octanol–water partition coefficient (Wildman–Crippen LogP) is 1.46. The van der Waals surface area contributed by atoms with Gasteiger partial charge >= 0.3 is 0 Å². The van der Waals surface area contributed by atoms with Crippen molar-refractivity contribution >= 4 is 10.0 Å². The third kappa shape index (κ3) is 2.54. The van der Waals surface area contributed by atoms with Crippen molar-refractivity contribution in [3.05, 3.63) is 59.4 Å². The maximum absolute atomic E-state index is 12.8. The van der Waals surface area contributed by atoms with Gasteiger partial charge in [0.15, 0.2) is 0 Å². The van der Waals surface area contributed by atoms with Gasteiger partial charge in [-0.2, -0.15) is 4.31 Å². The van der Waals surface area contributed by atoms with Crippen LogP contribution >= 0.6 is 0 Å². The zero-order valence-electron chi connectivity index (χ0n) is 10.5. The lowest BCUT2D eigenvalue weighted by Crippen LogP contribution is -2.27. The van der Waals surface area contributed by atoms with Crippen LogP contribution < -0.4 is 0 Å². The van der Waals surface area contributed by atoms with E-state index in [9.17, 15) is 12.8 Å². The first kappa shape index (κ1) is 13.1. The van der Waals surface area contributed by atoms with Crippen molar-refractivity contribution in [3.63, 3.8) is 0 Å². The summed E-state index contributed by atoms with van der Waals surface area (Å²) >= 11 is 0. The fourth-order valence-corrected chi connectivity index (χ4v) is 3.60. The summed E-state index contributed by atoms with van der Waals surface area (Å²) in [6.07, 6.45) is 3.05. The fraction of sp³-hybridized carbons (Fsp3) is 0.231. The largest absolute Gasteiger partial charge is 0.244 e. The molecule has 3 rings (SSSR count). The summed E-state index contributed by atoms with van der Waals surface area (Å²) in [5.74, 6) is -0.524. The van der Waals surface area contributed by atoms with Crippen LogP contribution in [0.5, 0.6) is 0 Å². The normalized spacial score (nSPS) is 15.2. The SMILES string of the molecule is O=S(=O)(Cc1ccc(F)cc1)N1Cc2cncnc2C1. The second-order valence-corrected chi connectivity index (χ2v) is 6.61. The van der Waals surface area contributed by atoms with Crippen molar-refractivity contribution in [2.24, 2.45) is 0 Å². The number of hydrogen-bond donors (Lipinski definition) is 0. The Bertz CT molecular complexity index is 707. The predicted molar refractivity (Wildman–Crippen MR) is 70.3 cm³/mol. The number of nitrogens with zero attached hydrogens (tertiary/aromatic N) is 3. The Hall–Kier alpha value is -1.86. The summed E-state index contributed by atoms with van der Waals surface area (Å²) < 4.78 is 38.9. The Morgan fingerprint density at radius 2 is 1.95 bits per heavy atom. The van der Waals surface area contributed by atoms with E-state index in [1.54, 1.807) is 6.20 Å². The Morgan fingerprint density at radius 1 is 1.20 bits per heavy atom. The van der Waals surface area contributed by atoms with Gasteiger partial charge in [-0.05, 0) is 17.7 Å². The molecule has 0 aliphatic carbocycles. The highest BCUT2D eigenvalue weighted by Crippen LogP contribution is 2.24. The lowest BCUT2D eigenvalue weighted by molar-refractivity contribution is 0.429. The van der Waals surface area contributed by atoms with Crippen molar-refractivity contribution in [2.45, 2.75) is 18.8 Å². The third-order valence-electron chi connectivity index (χ3n) is 3.21. The zero-order chi connectivity index (χ0) is 14.2. The molecule has 1 aromatic carbocycles. The molecular formula is C13H12FN3O2S. The molecule has 1 aliphatic rings. The van der Waals surface area contributed by atoms with Crippen LogP contribution in [0.4, 0.5) is 4.39 Å². The van der Waals surface area contributed by atoms with Crippen LogP contribution in [0.2, 0.25) is 0 Å². The smallest absolute Gasteiger partial charge is 0.218 e. The summed E-state index contributed by atoms with van der Waals surface area (Å²) in [6, 6.07) is 5.48. The lowest BCUT2D eigenvalue weighted by Gasteiger charge is -2.15. The lowest BCUT2D eigenvalue weighted by atomic mass is 10.2. The van der Waals surface area contributed by atoms with Crippen LogP contribution in [-0.4, -0.2) is 22.7 Å². The standard InChI is InChI=1S/C13H12FN3O2S/c14-12-3-1-10(2-4-12)8-20(18,19)17-6-11-5-15-9-16-13(11)7-17/h1-5,9H,6-8H2. The Balaban J connectivity index is 1.79. The van der Waals surface area contributed by atoms with Crippen molar-refractivity contribution in [3.8, 4) is 0 Å². The summed E-state index contributed by atoms with van der Waals surface area (Å²) in [6.45, 7) is 0.557. The molecule has 2 heterocycles. The third-order valence-corrected chi connectivity index (χ3v) is 4.95. The van der Waals surface area contributed by atoms with E-state index in [2.05, 4.69) is 9.97 Å². The molecule has 104 valence electrons. The van der Waals surface area contributed by atoms with Crippen LogP contribution in [0.3, 0.4) is 0 Å². The number of aromatic nitrogens is 2. The first-order chi connectivity index (χ1) is 9.54. The molecule has 0 radical (unpaired) electrons. The second kappa shape index (κ2) is 4.92. The first-order valence-corrected chi connectivity index (χ1v) is 7.65. The van der Waals surface area contributed by atoms with E-state index in [4.69, 9.17) is 0 Å². The first-order valence-electron chi connectivity index (χ1n) is 6.04. The van der Waals surface area contributed by atoms with Gasteiger partial charge in [0.05, 0.1) is 18.0 Å². The molecule has 1 aromatic heterocycles. The van der Waals surface area contributed by atoms with Crippen molar-refractivity contribution in [1.82, 2.24) is 14.3 Å². The highest BCUT2D eigenvalue weighted by Gasteiger charge is 2.30. The average molecular weight is 293 g/mol. The van der Waals surface area contributed by atoms with Gasteiger partial charge in [-0.25, -0.2) is 22.8 Å². The van der Waals surface area contributed by atoms with Crippen molar-refractivity contribution in [1.29, 1.82) is 0 Å². The summed E-state index contributed by atoms with van der Waals surface area (Å²) in [5.41, 5.74) is 2.13. The highest BCUT2D eigenvalue weighted by atomic mass is 32.2. The van der Waals surface area contributed by atoms with Crippen LogP contribution in [-0.2, 0) is 28.9 Å². The van der Waals surface area contributed by atoms with Crippen LogP contribution in [0.25, 0.3) is 0 Å². The number of halogens is 1. The molecule has 0 bridgehead atoms. The molecule has 0 amide bonds. The monoisotopic (exact) mass is 293 g/mol. The molecule has 5 nitrogen and oxygen atoms in total. The zero-order valence-corrected chi connectivity index (χ0v) is 11.3. The van der Waals surface area contributed by atoms with Crippen LogP contribution in [0.1, 0.15) is 16.8 Å². The summed E-state index contributed by atoms with van der Waals surface area (Å²) in [4.78, 5) is 7.97. The molecule has 0 spiro atoms. The number of hydrogen-bond acceptors (Lipinski definition) is 4. The fourth-order valence-electron chi connectivity index (χ4n) is 2.15. The Kier molecular flexibility index (Phi) is 3.23. The van der Waals surface area contributed by atoms with Crippen molar-refractivity contribution < 1.29 is 12.8 Å². The number of rotatable bonds is 3. The maximum Gasteiger partial charge on any atom is 0.218 e. The second-order valence-electron chi connectivity index (χ2n) is 4.65. The number of fused-ring (bicyclic) bond motifs is 1.